The van der Waals surface area contributed by atoms with Gasteiger partial charge < -0.3 is 11.5 Å². The van der Waals surface area contributed by atoms with Crippen LogP contribution in [0.1, 0.15) is 10.5 Å². The van der Waals surface area contributed by atoms with Gasteiger partial charge in [-0.25, -0.2) is 4.98 Å². The van der Waals surface area contributed by atoms with Crippen molar-refractivity contribution in [3.63, 3.8) is 0 Å². The summed E-state index contributed by atoms with van der Waals surface area (Å²) in [5.74, 6) is -0.567. The average Bonchev–Trinajstić information content (AvgIpc) is 2.17. The predicted octanol–water partition coefficient (Wildman–Crippen LogP) is 1.34. The number of carbonyl (C=O) groups excluding carboxylic acids is 1. The molecule has 0 saturated heterocycles. The number of halogens is 1. The fraction of sp³-hybridized carbons (Fsp3) is 0. The van der Waals surface area contributed by atoms with Gasteiger partial charge in [0.15, 0.2) is 0 Å². The van der Waals surface area contributed by atoms with Crippen LogP contribution in [0.2, 0.25) is 0 Å². The number of rotatable bonds is 1. The molecule has 0 radical (unpaired) electrons. The molecule has 1 aromatic carbocycles. The first-order valence-electron chi connectivity index (χ1n) is 4.13. The van der Waals surface area contributed by atoms with E-state index in [2.05, 4.69) is 4.98 Å². The molecule has 0 fully saturated rings. The van der Waals surface area contributed by atoms with E-state index in [1.54, 1.807) is 6.07 Å². The molecule has 78 valence electrons. The van der Waals surface area contributed by atoms with Crippen LogP contribution in [0.25, 0.3) is 10.9 Å². The van der Waals surface area contributed by atoms with Crippen molar-refractivity contribution < 1.29 is 4.79 Å². The van der Waals surface area contributed by atoms with E-state index in [4.69, 9.17) is 11.5 Å². The van der Waals surface area contributed by atoms with Crippen molar-refractivity contribution >= 4 is 34.9 Å². The standard InChI is InChI=1S/C10H9N3O.ClH/c11-7-5-9(10(12)14)13-8-4-2-1-3-6(7)8;/h1-5H,(H2,11,13)(H2,12,14);1H. The topological polar surface area (TPSA) is 82.0 Å². The van der Waals surface area contributed by atoms with E-state index in [1.165, 1.54) is 6.07 Å². The summed E-state index contributed by atoms with van der Waals surface area (Å²) in [4.78, 5) is 15.0. The van der Waals surface area contributed by atoms with E-state index >= 15 is 0 Å². The molecule has 1 aromatic heterocycles. The highest BCUT2D eigenvalue weighted by atomic mass is 35.5. The summed E-state index contributed by atoms with van der Waals surface area (Å²) in [5, 5.41) is 0.831. The van der Waals surface area contributed by atoms with Crippen molar-refractivity contribution in [1.82, 2.24) is 4.98 Å². The van der Waals surface area contributed by atoms with Crippen molar-refractivity contribution in [2.75, 3.05) is 5.73 Å². The van der Waals surface area contributed by atoms with Crippen molar-refractivity contribution in [1.29, 1.82) is 0 Å². The van der Waals surface area contributed by atoms with Crippen molar-refractivity contribution in [3.8, 4) is 0 Å². The Hall–Kier alpha value is -1.81. The van der Waals surface area contributed by atoms with Crippen molar-refractivity contribution in [3.05, 3.63) is 36.0 Å². The third-order valence-electron chi connectivity index (χ3n) is 2.00. The number of pyridine rings is 1. The molecule has 1 heterocycles. The Labute approximate surface area is 92.7 Å². The molecule has 4 nitrogen and oxygen atoms in total. The number of anilines is 1. The summed E-state index contributed by atoms with van der Waals surface area (Å²) in [6.45, 7) is 0. The van der Waals surface area contributed by atoms with Gasteiger partial charge >= 0.3 is 0 Å². The molecule has 2 rings (SSSR count). The van der Waals surface area contributed by atoms with Crippen LogP contribution in [0.4, 0.5) is 5.69 Å². The zero-order valence-corrected chi connectivity index (χ0v) is 8.62. The van der Waals surface area contributed by atoms with Crippen LogP contribution in [-0.2, 0) is 0 Å². The SMILES string of the molecule is Cl.NC(=O)c1cc(N)c2ccccc2n1. The minimum absolute atomic E-state index is 0. The van der Waals surface area contributed by atoms with Crippen LogP contribution in [0.15, 0.2) is 30.3 Å². The number of nitrogen functional groups attached to an aromatic ring is 1. The second-order valence-electron chi connectivity index (χ2n) is 2.98. The molecule has 5 heteroatoms. The maximum Gasteiger partial charge on any atom is 0.267 e. The Balaban J connectivity index is 0.00000112. The van der Waals surface area contributed by atoms with Crippen LogP contribution >= 0.6 is 12.4 Å². The molecular weight excluding hydrogens is 214 g/mol. The highest BCUT2D eigenvalue weighted by Crippen LogP contribution is 2.19. The number of aromatic nitrogens is 1. The van der Waals surface area contributed by atoms with Gasteiger partial charge in [-0.1, -0.05) is 18.2 Å². The summed E-state index contributed by atoms with van der Waals surface area (Å²) in [6, 6.07) is 8.83. The summed E-state index contributed by atoms with van der Waals surface area (Å²) in [6.07, 6.45) is 0. The van der Waals surface area contributed by atoms with Gasteiger partial charge in [0.2, 0.25) is 0 Å². The third-order valence-corrected chi connectivity index (χ3v) is 2.00. The number of benzene rings is 1. The minimum Gasteiger partial charge on any atom is -0.398 e. The Bertz CT molecular complexity index is 513. The smallest absolute Gasteiger partial charge is 0.267 e. The van der Waals surface area contributed by atoms with Gasteiger partial charge in [-0.2, -0.15) is 0 Å². The lowest BCUT2D eigenvalue weighted by atomic mass is 10.1. The number of para-hydroxylation sites is 1. The molecule has 0 unspecified atom stereocenters. The number of fused-ring (bicyclic) bond motifs is 1. The molecule has 0 spiro atoms. The van der Waals surface area contributed by atoms with E-state index < -0.39 is 5.91 Å². The molecule has 0 bridgehead atoms. The van der Waals surface area contributed by atoms with Crippen LogP contribution in [0.5, 0.6) is 0 Å². The van der Waals surface area contributed by atoms with Crippen LogP contribution in [0.3, 0.4) is 0 Å². The Morgan fingerprint density at radius 2 is 1.93 bits per heavy atom. The number of hydrogen-bond donors (Lipinski definition) is 2. The minimum atomic E-state index is -0.567. The van der Waals surface area contributed by atoms with Gasteiger partial charge in [0.25, 0.3) is 5.91 Å². The summed E-state index contributed by atoms with van der Waals surface area (Å²) >= 11 is 0. The number of nitrogens with zero attached hydrogens (tertiary/aromatic N) is 1. The first kappa shape index (κ1) is 11.3. The Kier molecular flexibility index (Phi) is 3.11. The quantitative estimate of drug-likeness (QED) is 0.765. The third kappa shape index (κ3) is 1.99. The van der Waals surface area contributed by atoms with E-state index in [0.29, 0.717) is 11.2 Å². The lowest BCUT2D eigenvalue weighted by Crippen LogP contribution is -2.13. The molecule has 15 heavy (non-hydrogen) atoms. The van der Waals surface area contributed by atoms with Gasteiger partial charge in [0.1, 0.15) is 5.69 Å². The van der Waals surface area contributed by atoms with E-state index in [0.717, 1.165) is 5.39 Å². The number of primary amides is 1. The van der Waals surface area contributed by atoms with Gasteiger partial charge in [0.05, 0.1) is 5.52 Å². The van der Waals surface area contributed by atoms with Crippen LogP contribution < -0.4 is 11.5 Å². The first-order chi connectivity index (χ1) is 6.68. The van der Waals surface area contributed by atoms with Gasteiger partial charge in [-0.05, 0) is 12.1 Å². The summed E-state index contributed by atoms with van der Waals surface area (Å²) in [7, 11) is 0. The monoisotopic (exact) mass is 223 g/mol. The average molecular weight is 224 g/mol. The lowest BCUT2D eigenvalue weighted by Gasteiger charge is -2.02. The molecule has 0 atom stereocenters. The van der Waals surface area contributed by atoms with Crippen molar-refractivity contribution in [2.24, 2.45) is 5.73 Å². The molecule has 1 amide bonds. The first-order valence-corrected chi connectivity index (χ1v) is 4.13. The second-order valence-corrected chi connectivity index (χ2v) is 2.98. The molecule has 0 saturated carbocycles. The van der Waals surface area contributed by atoms with Gasteiger partial charge in [-0.15, -0.1) is 12.4 Å². The van der Waals surface area contributed by atoms with Gasteiger partial charge in [-0.3, -0.25) is 4.79 Å². The normalized spacial score (nSPS) is 9.60. The fourth-order valence-corrected chi connectivity index (χ4v) is 1.33. The maximum atomic E-state index is 10.9. The van der Waals surface area contributed by atoms with Crippen LogP contribution in [-0.4, -0.2) is 10.9 Å². The molecule has 0 aliphatic heterocycles. The number of amides is 1. The molecule has 4 N–H and O–H groups in total. The Morgan fingerprint density at radius 1 is 1.27 bits per heavy atom. The zero-order chi connectivity index (χ0) is 10.1. The van der Waals surface area contributed by atoms with Crippen LogP contribution in [0, 0.1) is 0 Å². The second kappa shape index (κ2) is 4.14. The van der Waals surface area contributed by atoms with E-state index in [-0.39, 0.29) is 18.1 Å². The summed E-state index contributed by atoms with van der Waals surface area (Å²) < 4.78 is 0. The number of carbonyl (C=O) groups is 1. The number of hydrogen-bond acceptors (Lipinski definition) is 3. The fourth-order valence-electron chi connectivity index (χ4n) is 1.33. The van der Waals surface area contributed by atoms with E-state index in [1.807, 2.05) is 18.2 Å². The highest BCUT2D eigenvalue weighted by Gasteiger charge is 2.06. The van der Waals surface area contributed by atoms with E-state index in [9.17, 15) is 4.79 Å². The molecule has 0 aliphatic carbocycles. The number of nitrogens with two attached hydrogens (primary N) is 2. The largest absolute Gasteiger partial charge is 0.398 e. The van der Waals surface area contributed by atoms with Gasteiger partial charge in [0, 0.05) is 11.1 Å². The highest BCUT2D eigenvalue weighted by molar-refractivity contribution is 5.98. The summed E-state index contributed by atoms with van der Waals surface area (Å²) in [5.41, 5.74) is 12.3. The zero-order valence-electron chi connectivity index (χ0n) is 7.81. The van der Waals surface area contributed by atoms with Crippen molar-refractivity contribution in [2.45, 2.75) is 0 Å². The lowest BCUT2D eigenvalue weighted by molar-refractivity contribution is 0.0996. The molecule has 0 aliphatic rings. The molecule has 2 aromatic rings. The maximum absolute atomic E-state index is 10.9. The Morgan fingerprint density at radius 3 is 2.60 bits per heavy atom. The molecular formula is C10H10ClN3O. The predicted molar refractivity (Wildman–Crippen MR) is 61.9 cm³/mol.